The molecule has 1 aromatic carbocycles. The summed E-state index contributed by atoms with van der Waals surface area (Å²) in [6, 6.07) is 5.61. The summed E-state index contributed by atoms with van der Waals surface area (Å²) in [5, 5.41) is 0. The zero-order valence-electron chi connectivity index (χ0n) is 9.38. The fourth-order valence-electron chi connectivity index (χ4n) is 1.87. The average Bonchev–Trinajstić information content (AvgIpc) is 3.00. The maximum absolute atomic E-state index is 9.53. The molecule has 1 aromatic rings. The summed E-state index contributed by atoms with van der Waals surface area (Å²) < 4.78 is 20.9. The third-order valence-electron chi connectivity index (χ3n) is 2.75. The van der Waals surface area contributed by atoms with Crippen molar-refractivity contribution in [3.63, 3.8) is 0 Å². The molecule has 2 heterocycles. The second-order valence-electron chi connectivity index (χ2n) is 3.86. The van der Waals surface area contributed by atoms with Gasteiger partial charge in [-0.05, 0) is 24.6 Å². The molecule has 1 saturated heterocycles. The third kappa shape index (κ3) is 1.82. The quantitative estimate of drug-likeness (QED) is 0.453. The Hall–Kier alpha value is -1.75. The van der Waals surface area contributed by atoms with Gasteiger partial charge in [-0.25, -0.2) is 0 Å². The Bertz CT molecular complexity index is 456. The molecule has 5 nitrogen and oxygen atoms in total. The van der Waals surface area contributed by atoms with Crippen molar-refractivity contribution in [2.75, 3.05) is 13.4 Å². The van der Waals surface area contributed by atoms with Crippen molar-refractivity contribution in [1.82, 2.24) is 0 Å². The van der Waals surface area contributed by atoms with Crippen LogP contribution in [0.1, 0.15) is 18.6 Å². The molecule has 5 heteroatoms. The zero-order chi connectivity index (χ0) is 11.8. The number of hydrogen-bond donors (Lipinski definition) is 0. The summed E-state index contributed by atoms with van der Waals surface area (Å²) in [6.07, 6.45) is -0.522. The Morgan fingerprint density at radius 1 is 1.41 bits per heavy atom. The minimum Gasteiger partial charge on any atom is -0.454 e. The van der Waals surface area contributed by atoms with Gasteiger partial charge in [-0.1, -0.05) is 6.07 Å². The molecule has 1 N–H and O–H groups in total. The molecule has 17 heavy (non-hydrogen) atoms. The largest absolute Gasteiger partial charge is 0.516 e. The van der Waals surface area contributed by atoms with Gasteiger partial charge in [-0.3, -0.25) is 0 Å². The van der Waals surface area contributed by atoms with Gasteiger partial charge in [0.15, 0.2) is 18.1 Å². The molecule has 0 amide bonds. The van der Waals surface area contributed by atoms with Gasteiger partial charge in [0.25, 0.3) is 0 Å². The highest BCUT2D eigenvalue weighted by Gasteiger charge is 2.52. The molecule has 0 bridgehead atoms. The first kappa shape index (κ1) is 10.4. The Labute approximate surface area is 98.2 Å². The molecule has 0 aliphatic carbocycles. The van der Waals surface area contributed by atoms with Crippen LogP contribution in [0.5, 0.6) is 11.5 Å². The van der Waals surface area contributed by atoms with Crippen LogP contribution in [0, 0.1) is 0 Å². The Kier molecular flexibility index (Phi) is 2.40. The number of esters is 1. The molecule has 2 unspecified atom stereocenters. The van der Waals surface area contributed by atoms with E-state index in [1.54, 1.807) is 0 Å². The number of epoxide rings is 1. The van der Waals surface area contributed by atoms with E-state index < -0.39 is 0 Å². The van der Waals surface area contributed by atoms with Crippen molar-refractivity contribution >= 4 is 5.97 Å². The van der Waals surface area contributed by atoms with Crippen LogP contribution in [0.3, 0.4) is 0 Å². The van der Waals surface area contributed by atoms with Crippen LogP contribution in [-0.4, -0.2) is 30.3 Å². The fraction of sp³-hybridized carbons (Fsp3) is 0.417. The molecule has 0 spiro atoms. The Morgan fingerprint density at radius 3 is 3.06 bits per heavy atom. The van der Waals surface area contributed by atoms with Gasteiger partial charge in [0.1, 0.15) is 6.10 Å². The molecule has 2 aliphatic rings. The number of rotatable bonds is 3. The highest BCUT2D eigenvalue weighted by molar-refractivity contribution is 5.79. The predicted molar refractivity (Wildman–Crippen MR) is 58.7 cm³/mol. The molecule has 0 radical (unpaired) electrons. The van der Waals surface area contributed by atoms with Crippen molar-refractivity contribution in [2.45, 2.75) is 19.1 Å². The number of fused-ring (bicyclic) bond motifs is 1. The fourth-order valence-corrected chi connectivity index (χ4v) is 1.87. The summed E-state index contributed by atoms with van der Waals surface area (Å²) in [5.41, 5.74) is 0.950. The van der Waals surface area contributed by atoms with Crippen molar-refractivity contribution in [3.05, 3.63) is 23.8 Å². The minimum absolute atomic E-state index is 0.0600. The van der Waals surface area contributed by atoms with Crippen molar-refractivity contribution in [1.29, 1.82) is 0 Å². The van der Waals surface area contributed by atoms with Crippen LogP contribution >= 0.6 is 0 Å². The lowest BCUT2D eigenvalue weighted by molar-refractivity contribution is 0.174. The van der Waals surface area contributed by atoms with Gasteiger partial charge in [0.05, 0.1) is 0 Å². The van der Waals surface area contributed by atoms with E-state index in [1.807, 2.05) is 25.1 Å². The molecule has 2 aliphatic heterocycles. The third-order valence-corrected chi connectivity index (χ3v) is 2.75. The van der Waals surface area contributed by atoms with Gasteiger partial charge in [-0.15, -0.1) is 0 Å². The second-order valence-corrected chi connectivity index (χ2v) is 3.86. The van der Waals surface area contributed by atoms with Gasteiger partial charge in [-0.2, -0.15) is 0 Å². The molecular weight excluding hydrogens is 224 g/mol. The van der Waals surface area contributed by atoms with Crippen molar-refractivity contribution in [2.24, 2.45) is 0 Å². The molecule has 2 atom stereocenters. The second kappa shape index (κ2) is 3.92. The standard InChI is InChI=1S/C12H12O5/c1-2-14-12(13)11-10(17-11)7-3-4-8-9(5-7)16-6-15-8/h3-5,10-11H,2,6H2,1H3/p+1. The van der Waals surface area contributed by atoms with E-state index in [0.717, 1.165) is 11.3 Å². The monoisotopic (exact) mass is 237 g/mol. The summed E-state index contributed by atoms with van der Waals surface area (Å²) in [5.74, 6) is 1.40. The predicted octanol–water partition coefficient (Wildman–Crippen LogP) is 1.39. The highest BCUT2D eigenvalue weighted by Crippen LogP contribution is 2.43. The maximum Gasteiger partial charge on any atom is 0.516 e. The topological polar surface area (TPSA) is 61.6 Å². The molecular formula is C12H13O5+. The zero-order valence-corrected chi connectivity index (χ0v) is 9.38. The normalized spacial score (nSPS) is 24.5. The lowest BCUT2D eigenvalue weighted by atomic mass is 10.1. The van der Waals surface area contributed by atoms with Crippen LogP contribution < -0.4 is 9.47 Å². The molecule has 3 rings (SSSR count). The molecule has 0 aromatic heterocycles. The van der Waals surface area contributed by atoms with Crippen molar-refractivity contribution < 1.29 is 23.7 Å². The molecule has 1 fully saturated rings. The first-order valence-electron chi connectivity index (χ1n) is 5.53. The van der Waals surface area contributed by atoms with E-state index in [0.29, 0.717) is 12.4 Å². The number of hydrogen-bond acceptors (Lipinski definition) is 4. The van der Waals surface area contributed by atoms with Crippen LogP contribution in [-0.2, 0) is 9.47 Å². The van der Waals surface area contributed by atoms with Gasteiger partial charge >= 0.3 is 5.97 Å². The first-order valence-corrected chi connectivity index (χ1v) is 5.53. The summed E-state index contributed by atoms with van der Waals surface area (Å²) in [7, 11) is 0. The van der Waals surface area contributed by atoms with E-state index in [1.165, 1.54) is 0 Å². The van der Waals surface area contributed by atoms with Crippen LogP contribution in [0.25, 0.3) is 0 Å². The maximum atomic E-state index is 9.53. The van der Waals surface area contributed by atoms with Crippen molar-refractivity contribution in [3.8, 4) is 11.5 Å². The molecule has 90 valence electrons. The Morgan fingerprint density at radius 2 is 2.24 bits per heavy atom. The molecule has 0 saturated carbocycles. The van der Waals surface area contributed by atoms with Gasteiger partial charge in [0, 0.05) is 0 Å². The van der Waals surface area contributed by atoms with E-state index in [-0.39, 0.29) is 25.0 Å². The van der Waals surface area contributed by atoms with Crippen LogP contribution in [0.15, 0.2) is 18.2 Å². The average molecular weight is 237 g/mol. The van der Waals surface area contributed by atoms with E-state index >= 15 is 0 Å². The van der Waals surface area contributed by atoms with Crippen LogP contribution in [0.4, 0.5) is 0 Å². The van der Waals surface area contributed by atoms with Gasteiger partial charge in [0.2, 0.25) is 12.9 Å². The van der Waals surface area contributed by atoms with Gasteiger partial charge < -0.3 is 23.7 Å². The van der Waals surface area contributed by atoms with E-state index in [2.05, 4.69) is 0 Å². The Balaban J connectivity index is 1.73. The summed E-state index contributed by atoms with van der Waals surface area (Å²) in [4.78, 5) is 9.53. The first-order chi connectivity index (χ1) is 8.29. The number of benzene rings is 1. The van der Waals surface area contributed by atoms with E-state index in [9.17, 15) is 4.79 Å². The number of carbonyl (C=O) groups excluding carboxylic acids is 1. The highest BCUT2D eigenvalue weighted by atomic mass is 16.7. The number of ether oxygens (including phenoxy) is 4. The summed E-state index contributed by atoms with van der Waals surface area (Å²) in [6.45, 7) is 2.50. The minimum atomic E-state index is -0.365. The SMILES string of the molecule is CCOC(=[OH+])C1OC1c1ccc2c(c1)OCO2. The van der Waals surface area contributed by atoms with E-state index in [4.69, 9.17) is 18.9 Å². The van der Waals surface area contributed by atoms with Crippen LogP contribution in [0.2, 0.25) is 0 Å². The smallest absolute Gasteiger partial charge is 0.454 e. The lowest BCUT2D eigenvalue weighted by Gasteiger charge is -1.98. The summed E-state index contributed by atoms with van der Waals surface area (Å²) >= 11 is 0. The lowest BCUT2D eigenvalue weighted by Crippen LogP contribution is -2.12.